The van der Waals surface area contributed by atoms with Crippen LogP contribution in [0.4, 0.5) is 0 Å². The van der Waals surface area contributed by atoms with E-state index in [1.807, 2.05) is 19.9 Å². The van der Waals surface area contributed by atoms with Crippen molar-refractivity contribution in [3.8, 4) is 0 Å². The van der Waals surface area contributed by atoms with E-state index in [0.717, 1.165) is 30.0 Å². The number of aryl methyl sites for hydroxylation is 1. The lowest BCUT2D eigenvalue weighted by atomic mass is 9.99. The third-order valence-electron chi connectivity index (χ3n) is 2.47. The lowest BCUT2D eigenvalue weighted by molar-refractivity contribution is 0.221. The molecule has 0 aliphatic heterocycles. The molecule has 0 aromatic carbocycles. The summed E-state index contributed by atoms with van der Waals surface area (Å²) in [6.07, 6.45) is 3.82. The zero-order valence-corrected chi connectivity index (χ0v) is 9.64. The van der Waals surface area contributed by atoms with E-state index >= 15 is 0 Å². The summed E-state index contributed by atoms with van der Waals surface area (Å²) in [6.45, 7) is 4.64. The molecule has 1 aromatic rings. The van der Waals surface area contributed by atoms with Crippen LogP contribution in [-0.2, 0) is 11.2 Å². The van der Waals surface area contributed by atoms with E-state index in [4.69, 9.17) is 16.3 Å². The first-order valence-corrected chi connectivity index (χ1v) is 5.45. The molecule has 4 heteroatoms. The highest BCUT2D eigenvalue weighted by Crippen LogP contribution is 2.25. The second-order valence-electron chi connectivity index (χ2n) is 3.49. The van der Waals surface area contributed by atoms with Gasteiger partial charge in [0.15, 0.2) is 0 Å². The molecule has 1 aliphatic rings. The largest absolute Gasteiger partial charge is 0.498 e. The summed E-state index contributed by atoms with van der Waals surface area (Å²) in [5.41, 5.74) is 3.06. The zero-order valence-electron chi connectivity index (χ0n) is 8.88. The molecule has 0 bridgehead atoms. The molecule has 80 valence electrons. The Kier molecular flexibility index (Phi) is 2.91. The van der Waals surface area contributed by atoms with Crippen molar-refractivity contribution in [2.45, 2.75) is 26.7 Å². The maximum absolute atomic E-state index is 5.81. The SMILES string of the molecule is CCOC1=Cc2nc(Cl)nc(C)c2CC1. The zero-order chi connectivity index (χ0) is 10.8. The first-order chi connectivity index (χ1) is 7.20. The minimum atomic E-state index is 0.306. The number of aromatic nitrogens is 2. The number of hydrogen-bond acceptors (Lipinski definition) is 3. The molecule has 0 saturated heterocycles. The third kappa shape index (κ3) is 2.12. The van der Waals surface area contributed by atoms with Crippen molar-refractivity contribution in [2.75, 3.05) is 6.61 Å². The molecule has 1 heterocycles. The smallest absolute Gasteiger partial charge is 0.223 e. The molecule has 0 spiro atoms. The minimum Gasteiger partial charge on any atom is -0.498 e. The van der Waals surface area contributed by atoms with Crippen LogP contribution in [0.25, 0.3) is 6.08 Å². The van der Waals surface area contributed by atoms with Gasteiger partial charge in [-0.2, -0.15) is 0 Å². The Bertz CT molecular complexity index is 415. The predicted molar refractivity (Wildman–Crippen MR) is 59.7 cm³/mol. The van der Waals surface area contributed by atoms with Crippen LogP contribution in [0.1, 0.15) is 30.3 Å². The summed E-state index contributed by atoms with van der Waals surface area (Å²) in [5, 5.41) is 0.306. The monoisotopic (exact) mass is 224 g/mol. The van der Waals surface area contributed by atoms with Crippen molar-refractivity contribution in [3.63, 3.8) is 0 Å². The molecule has 0 atom stereocenters. The molecule has 0 saturated carbocycles. The van der Waals surface area contributed by atoms with E-state index < -0.39 is 0 Å². The summed E-state index contributed by atoms with van der Waals surface area (Å²) in [4.78, 5) is 8.35. The molecule has 1 aliphatic carbocycles. The molecular weight excluding hydrogens is 212 g/mol. The summed E-state index contributed by atoms with van der Waals surface area (Å²) in [6, 6.07) is 0. The van der Waals surface area contributed by atoms with E-state index in [2.05, 4.69) is 9.97 Å². The standard InChI is InChI=1S/C11H13ClN2O/c1-3-15-8-4-5-9-7(2)13-11(12)14-10(9)6-8/h6H,3-5H2,1-2H3. The normalized spacial score (nSPS) is 14.5. The summed E-state index contributed by atoms with van der Waals surface area (Å²) in [5.74, 6) is 0.985. The van der Waals surface area contributed by atoms with Gasteiger partial charge in [0, 0.05) is 18.2 Å². The van der Waals surface area contributed by atoms with E-state index in [-0.39, 0.29) is 0 Å². The van der Waals surface area contributed by atoms with Crippen molar-refractivity contribution in [1.82, 2.24) is 9.97 Å². The van der Waals surface area contributed by atoms with Crippen LogP contribution < -0.4 is 0 Å². The number of rotatable bonds is 2. The van der Waals surface area contributed by atoms with Crippen LogP contribution >= 0.6 is 11.6 Å². The van der Waals surface area contributed by atoms with Gasteiger partial charge >= 0.3 is 0 Å². The van der Waals surface area contributed by atoms with E-state index in [1.165, 1.54) is 5.56 Å². The maximum atomic E-state index is 5.81. The summed E-state index contributed by atoms with van der Waals surface area (Å²) in [7, 11) is 0. The average molecular weight is 225 g/mol. The van der Waals surface area contributed by atoms with Crippen LogP contribution in [-0.4, -0.2) is 16.6 Å². The van der Waals surface area contributed by atoms with Crippen molar-refractivity contribution >= 4 is 17.7 Å². The van der Waals surface area contributed by atoms with Gasteiger partial charge in [-0.05, 0) is 37.4 Å². The molecule has 2 rings (SSSR count). The number of ether oxygens (including phenoxy) is 1. The van der Waals surface area contributed by atoms with Crippen molar-refractivity contribution in [1.29, 1.82) is 0 Å². The van der Waals surface area contributed by atoms with Gasteiger partial charge in [0.1, 0.15) is 0 Å². The Balaban J connectivity index is 2.41. The van der Waals surface area contributed by atoms with Crippen LogP contribution in [0.3, 0.4) is 0 Å². The highest BCUT2D eigenvalue weighted by atomic mass is 35.5. The highest BCUT2D eigenvalue weighted by molar-refractivity contribution is 6.28. The van der Waals surface area contributed by atoms with Gasteiger partial charge in [-0.15, -0.1) is 0 Å². The Hall–Kier alpha value is -1.09. The lowest BCUT2D eigenvalue weighted by Gasteiger charge is -2.17. The Morgan fingerprint density at radius 2 is 2.20 bits per heavy atom. The first-order valence-electron chi connectivity index (χ1n) is 5.07. The fraction of sp³-hybridized carbons (Fsp3) is 0.455. The summed E-state index contributed by atoms with van der Waals surface area (Å²) < 4.78 is 5.48. The Morgan fingerprint density at radius 3 is 2.93 bits per heavy atom. The lowest BCUT2D eigenvalue weighted by Crippen LogP contribution is -2.08. The quantitative estimate of drug-likeness (QED) is 0.725. The van der Waals surface area contributed by atoms with Crippen LogP contribution in [0.2, 0.25) is 5.28 Å². The van der Waals surface area contributed by atoms with Gasteiger partial charge in [0.25, 0.3) is 0 Å². The van der Waals surface area contributed by atoms with Gasteiger partial charge in [-0.3, -0.25) is 0 Å². The van der Waals surface area contributed by atoms with Gasteiger partial charge in [-0.25, -0.2) is 9.97 Å². The van der Waals surface area contributed by atoms with E-state index in [0.29, 0.717) is 11.9 Å². The summed E-state index contributed by atoms with van der Waals surface area (Å²) >= 11 is 5.81. The van der Waals surface area contributed by atoms with Gasteiger partial charge in [0.05, 0.1) is 18.1 Å². The first kappa shape index (κ1) is 10.4. The fourth-order valence-corrected chi connectivity index (χ4v) is 2.00. The topological polar surface area (TPSA) is 35.0 Å². The Labute approximate surface area is 94.1 Å². The second kappa shape index (κ2) is 4.19. The maximum Gasteiger partial charge on any atom is 0.223 e. The predicted octanol–water partition coefficient (Wildman–Crippen LogP) is 2.76. The number of nitrogens with zero attached hydrogens (tertiary/aromatic N) is 2. The number of halogens is 1. The van der Waals surface area contributed by atoms with Crippen LogP contribution in [0, 0.1) is 6.92 Å². The van der Waals surface area contributed by atoms with Gasteiger partial charge in [-0.1, -0.05) is 0 Å². The van der Waals surface area contributed by atoms with Crippen molar-refractivity contribution in [2.24, 2.45) is 0 Å². The average Bonchev–Trinajstić information content (AvgIpc) is 2.17. The molecule has 0 unspecified atom stereocenters. The number of hydrogen-bond donors (Lipinski definition) is 0. The fourth-order valence-electron chi connectivity index (χ4n) is 1.78. The molecule has 3 nitrogen and oxygen atoms in total. The molecule has 1 aromatic heterocycles. The molecule has 0 N–H and O–H groups in total. The van der Waals surface area contributed by atoms with E-state index in [9.17, 15) is 0 Å². The highest BCUT2D eigenvalue weighted by Gasteiger charge is 2.16. The number of fused-ring (bicyclic) bond motifs is 1. The van der Waals surface area contributed by atoms with E-state index in [1.54, 1.807) is 0 Å². The Morgan fingerprint density at radius 1 is 1.40 bits per heavy atom. The van der Waals surface area contributed by atoms with Crippen molar-refractivity contribution in [3.05, 3.63) is 28.0 Å². The molecule has 0 fully saturated rings. The molecule has 0 amide bonds. The molecular formula is C11H13ClN2O. The van der Waals surface area contributed by atoms with Gasteiger partial charge < -0.3 is 4.74 Å². The number of allylic oxidation sites excluding steroid dienone is 1. The third-order valence-corrected chi connectivity index (χ3v) is 2.64. The van der Waals surface area contributed by atoms with Crippen LogP contribution in [0.5, 0.6) is 0 Å². The van der Waals surface area contributed by atoms with Gasteiger partial charge in [0.2, 0.25) is 5.28 Å². The second-order valence-corrected chi connectivity index (χ2v) is 3.82. The minimum absolute atomic E-state index is 0.306. The molecule has 15 heavy (non-hydrogen) atoms. The van der Waals surface area contributed by atoms with Crippen molar-refractivity contribution < 1.29 is 4.74 Å². The molecule has 0 radical (unpaired) electrons. The van der Waals surface area contributed by atoms with Crippen LogP contribution in [0.15, 0.2) is 5.76 Å².